The van der Waals surface area contributed by atoms with Gasteiger partial charge in [0.1, 0.15) is 0 Å². The van der Waals surface area contributed by atoms with E-state index in [1.165, 1.54) is 0 Å². The van der Waals surface area contributed by atoms with Crippen LogP contribution in [0.4, 0.5) is 0 Å². The van der Waals surface area contributed by atoms with Gasteiger partial charge >= 0.3 is 0 Å². The molecule has 0 bridgehead atoms. The number of hydrogen-bond donors (Lipinski definition) is 2. The zero-order valence-electron chi connectivity index (χ0n) is 9.68. The van der Waals surface area contributed by atoms with E-state index in [0.717, 1.165) is 31.2 Å². The molecule has 0 aromatic heterocycles. The summed E-state index contributed by atoms with van der Waals surface area (Å²) in [5.74, 6) is 0. The summed E-state index contributed by atoms with van der Waals surface area (Å²) < 4.78 is 0. The first kappa shape index (κ1) is 13.2. The molecule has 0 unspecified atom stereocenters. The standard InChI is InChI=1S/C13H17Cl2NO/c14-11-4-3-10(7-12(11)15)8-16-9-13(17)5-1-2-6-13/h3-4,7,16-17H,1-2,5-6,8-9H2. The maximum absolute atomic E-state index is 10.2. The Labute approximate surface area is 112 Å². The van der Waals surface area contributed by atoms with Gasteiger partial charge in [0, 0.05) is 13.1 Å². The van der Waals surface area contributed by atoms with Gasteiger partial charge in [-0.1, -0.05) is 42.1 Å². The van der Waals surface area contributed by atoms with Crippen LogP contribution >= 0.6 is 23.2 Å². The van der Waals surface area contributed by atoms with Crippen LogP contribution in [-0.2, 0) is 6.54 Å². The zero-order chi connectivity index (χ0) is 12.3. The second-order valence-corrected chi connectivity index (χ2v) is 5.60. The predicted molar refractivity (Wildman–Crippen MR) is 71.6 cm³/mol. The van der Waals surface area contributed by atoms with Gasteiger partial charge in [-0.05, 0) is 30.5 Å². The summed E-state index contributed by atoms with van der Waals surface area (Å²) in [7, 11) is 0. The molecule has 4 heteroatoms. The maximum Gasteiger partial charge on any atom is 0.0771 e. The van der Waals surface area contributed by atoms with Crippen LogP contribution in [0.5, 0.6) is 0 Å². The van der Waals surface area contributed by atoms with Gasteiger partial charge in [-0.3, -0.25) is 0 Å². The van der Waals surface area contributed by atoms with E-state index in [2.05, 4.69) is 5.32 Å². The molecule has 2 nitrogen and oxygen atoms in total. The highest BCUT2D eigenvalue weighted by Crippen LogP contribution is 2.28. The molecule has 0 atom stereocenters. The van der Waals surface area contributed by atoms with Gasteiger partial charge in [0.2, 0.25) is 0 Å². The molecular weight excluding hydrogens is 257 g/mol. The number of halogens is 2. The van der Waals surface area contributed by atoms with E-state index >= 15 is 0 Å². The minimum atomic E-state index is -0.504. The predicted octanol–water partition coefficient (Wildman–Crippen LogP) is 3.39. The SMILES string of the molecule is OC1(CNCc2ccc(Cl)c(Cl)c2)CCCC1. The summed E-state index contributed by atoms with van der Waals surface area (Å²) in [6.45, 7) is 1.35. The maximum atomic E-state index is 10.2. The average Bonchev–Trinajstić information content (AvgIpc) is 2.71. The summed E-state index contributed by atoms with van der Waals surface area (Å²) in [6, 6.07) is 5.60. The molecule has 17 heavy (non-hydrogen) atoms. The average molecular weight is 274 g/mol. The fraction of sp³-hybridized carbons (Fsp3) is 0.538. The zero-order valence-corrected chi connectivity index (χ0v) is 11.2. The smallest absolute Gasteiger partial charge is 0.0771 e. The molecule has 1 saturated carbocycles. The van der Waals surface area contributed by atoms with Crippen LogP contribution in [0.15, 0.2) is 18.2 Å². The second-order valence-electron chi connectivity index (χ2n) is 4.78. The van der Waals surface area contributed by atoms with Crippen LogP contribution in [-0.4, -0.2) is 17.3 Å². The van der Waals surface area contributed by atoms with Crippen LogP contribution in [0.3, 0.4) is 0 Å². The highest BCUT2D eigenvalue weighted by Gasteiger charge is 2.30. The van der Waals surface area contributed by atoms with Gasteiger partial charge < -0.3 is 10.4 Å². The minimum absolute atomic E-state index is 0.504. The summed E-state index contributed by atoms with van der Waals surface area (Å²) in [5.41, 5.74) is 0.581. The van der Waals surface area contributed by atoms with E-state index in [4.69, 9.17) is 23.2 Å². The minimum Gasteiger partial charge on any atom is -0.389 e. The molecule has 0 saturated heterocycles. The first-order valence-corrected chi connectivity index (χ1v) is 6.72. The molecule has 2 N–H and O–H groups in total. The number of rotatable bonds is 4. The lowest BCUT2D eigenvalue weighted by Crippen LogP contribution is -2.37. The molecule has 0 aliphatic heterocycles. The Morgan fingerprint density at radius 1 is 1.18 bits per heavy atom. The van der Waals surface area contributed by atoms with Crippen molar-refractivity contribution in [2.75, 3.05) is 6.54 Å². The Kier molecular flexibility index (Phi) is 4.31. The van der Waals surface area contributed by atoms with Crippen molar-refractivity contribution in [3.63, 3.8) is 0 Å². The van der Waals surface area contributed by atoms with E-state index in [1.54, 1.807) is 6.07 Å². The molecule has 1 fully saturated rings. The third-order valence-electron chi connectivity index (χ3n) is 3.30. The molecule has 94 valence electrons. The molecular formula is C13H17Cl2NO. The van der Waals surface area contributed by atoms with Crippen LogP contribution < -0.4 is 5.32 Å². The van der Waals surface area contributed by atoms with E-state index < -0.39 is 5.60 Å². The van der Waals surface area contributed by atoms with Crippen molar-refractivity contribution in [2.45, 2.75) is 37.8 Å². The summed E-state index contributed by atoms with van der Waals surface area (Å²) >= 11 is 11.8. The van der Waals surface area contributed by atoms with Crippen molar-refractivity contribution in [2.24, 2.45) is 0 Å². The van der Waals surface area contributed by atoms with Crippen LogP contribution in [0, 0.1) is 0 Å². The van der Waals surface area contributed by atoms with Gasteiger partial charge in [0.05, 0.1) is 15.6 Å². The van der Waals surface area contributed by atoms with Crippen molar-refractivity contribution in [3.05, 3.63) is 33.8 Å². The number of nitrogens with one attached hydrogen (secondary N) is 1. The number of benzene rings is 1. The highest BCUT2D eigenvalue weighted by atomic mass is 35.5. The van der Waals surface area contributed by atoms with Crippen LogP contribution in [0.1, 0.15) is 31.2 Å². The lowest BCUT2D eigenvalue weighted by Gasteiger charge is -2.22. The topological polar surface area (TPSA) is 32.3 Å². The van der Waals surface area contributed by atoms with Crippen molar-refractivity contribution in [1.82, 2.24) is 5.32 Å². The van der Waals surface area contributed by atoms with Gasteiger partial charge in [-0.2, -0.15) is 0 Å². The van der Waals surface area contributed by atoms with E-state index in [1.807, 2.05) is 12.1 Å². The molecule has 1 aliphatic rings. The largest absolute Gasteiger partial charge is 0.389 e. The van der Waals surface area contributed by atoms with Crippen molar-refractivity contribution in [3.8, 4) is 0 Å². The third kappa shape index (κ3) is 3.59. The molecule has 0 spiro atoms. The number of aliphatic hydroxyl groups is 1. The molecule has 1 aromatic rings. The van der Waals surface area contributed by atoms with Gasteiger partial charge in [0.25, 0.3) is 0 Å². The second kappa shape index (κ2) is 5.57. The van der Waals surface area contributed by atoms with E-state index in [0.29, 0.717) is 23.1 Å². The van der Waals surface area contributed by atoms with Crippen LogP contribution in [0.25, 0.3) is 0 Å². The third-order valence-corrected chi connectivity index (χ3v) is 4.04. The highest BCUT2D eigenvalue weighted by molar-refractivity contribution is 6.42. The Morgan fingerprint density at radius 2 is 1.88 bits per heavy atom. The summed E-state index contributed by atoms with van der Waals surface area (Å²) in [4.78, 5) is 0. The summed E-state index contributed by atoms with van der Waals surface area (Å²) in [5, 5.41) is 14.6. The Balaban J connectivity index is 1.83. The van der Waals surface area contributed by atoms with Gasteiger partial charge in [-0.15, -0.1) is 0 Å². The Morgan fingerprint density at radius 3 is 2.53 bits per heavy atom. The van der Waals surface area contributed by atoms with Crippen molar-refractivity contribution >= 4 is 23.2 Å². The first-order valence-electron chi connectivity index (χ1n) is 5.96. The fourth-order valence-corrected chi connectivity index (χ4v) is 2.62. The summed E-state index contributed by atoms with van der Waals surface area (Å²) in [6.07, 6.45) is 4.07. The molecule has 1 aromatic carbocycles. The fourth-order valence-electron chi connectivity index (χ4n) is 2.30. The molecule has 1 aliphatic carbocycles. The molecule has 0 heterocycles. The lowest BCUT2D eigenvalue weighted by atomic mass is 10.0. The quantitative estimate of drug-likeness (QED) is 0.882. The lowest BCUT2D eigenvalue weighted by molar-refractivity contribution is 0.0475. The molecule has 0 radical (unpaired) electrons. The molecule has 2 rings (SSSR count). The normalized spacial score (nSPS) is 18.5. The van der Waals surface area contributed by atoms with Gasteiger partial charge in [0.15, 0.2) is 0 Å². The van der Waals surface area contributed by atoms with E-state index in [-0.39, 0.29) is 0 Å². The first-order chi connectivity index (χ1) is 8.09. The van der Waals surface area contributed by atoms with Gasteiger partial charge in [-0.25, -0.2) is 0 Å². The van der Waals surface area contributed by atoms with Crippen molar-refractivity contribution in [1.29, 1.82) is 0 Å². The Hall–Kier alpha value is -0.280. The number of hydrogen-bond acceptors (Lipinski definition) is 2. The van der Waals surface area contributed by atoms with Crippen molar-refractivity contribution < 1.29 is 5.11 Å². The van der Waals surface area contributed by atoms with Crippen LogP contribution in [0.2, 0.25) is 10.0 Å². The monoisotopic (exact) mass is 273 g/mol. The molecule has 0 amide bonds. The van der Waals surface area contributed by atoms with E-state index in [9.17, 15) is 5.11 Å². The Bertz CT molecular complexity index is 389.